The van der Waals surface area contributed by atoms with Crippen molar-refractivity contribution in [1.82, 2.24) is 5.32 Å². The zero-order valence-electron chi connectivity index (χ0n) is 24.4. The van der Waals surface area contributed by atoms with Gasteiger partial charge in [0.15, 0.2) is 12.6 Å². The topological polar surface area (TPSA) is 187 Å². The first kappa shape index (κ1) is 31.5. The fraction of sp³-hybridized carbons (Fsp3) is 0.966. The second-order valence-corrected chi connectivity index (χ2v) is 14.4. The maximum Gasteiger partial charge on any atom is 0.220 e. The Balaban J connectivity index is 1.10. The second kappa shape index (κ2) is 11.9. The molecule has 6 fully saturated rings. The van der Waals surface area contributed by atoms with Crippen molar-refractivity contribution < 1.29 is 54.4 Å². The molecule has 2 saturated heterocycles. The predicted molar refractivity (Wildman–Crippen MR) is 143 cm³/mol. The Morgan fingerprint density at radius 3 is 2.07 bits per heavy atom. The van der Waals surface area contributed by atoms with Crippen molar-refractivity contribution in [2.45, 2.75) is 121 Å². The summed E-state index contributed by atoms with van der Waals surface area (Å²) in [6.45, 7) is 5.56. The first-order chi connectivity index (χ1) is 19.3. The summed E-state index contributed by atoms with van der Waals surface area (Å²) < 4.78 is 22.5. The van der Waals surface area contributed by atoms with E-state index in [2.05, 4.69) is 19.2 Å². The highest BCUT2D eigenvalue weighted by atomic mass is 16.7. The summed E-state index contributed by atoms with van der Waals surface area (Å²) in [5.74, 6) is 0.121. The molecule has 0 aromatic heterocycles. The number of amides is 1. The number of aliphatic hydroxyl groups is 6. The number of hydrogen-bond acceptors (Lipinski definition) is 11. The summed E-state index contributed by atoms with van der Waals surface area (Å²) in [6, 6.07) is 0. The van der Waals surface area contributed by atoms with Crippen molar-refractivity contribution in [3.8, 4) is 0 Å². The molecule has 0 radical (unpaired) electrons. The van der Waals surface area contributed by atoms with Crippen molar-refractivity contribution in [2.24, 2.45) is 28.1 Å². The number of carbonyl (C=O) groups is 1. The minimum Gasteiger partial charge on any atom is -0.394 e. The Kier molecular flexibility index (Phi) is 9.12. The van der Waals surface area contributed by atoms with Crippen molar-refractivity contribution in [2.75, 3.05) is 26.4 Å². The van der Waals surface area contributed by atoms with E-state index in [1.54, 1.807) is 6.92 Å². The predicted octanol–water partition coefficient (Wildman–Crippen LogP) is -0.595. The van der Waals surface area contributed by atoms with Gasteiger partial charge in [-0.25, -0.2) is 0 Å². The van der Waals surface area contributed by atoms with Crippen LogP contribution in [0, 0.1) is 28.1 Å². The van der Waals surface area contributed by atoms with Crippen molar-refractivity contribution in [3.05, 3.63) is 0 Å². The van der Waals surface area contributed by atoms with Gasteiger partial charge in [-0.1, -0.05) is 20.8 Å². The first-order valence-electron chi connectivity index (χ1n) is 15.1. The van der Waals surface area contributed by atoms with Gasteiger partial charge in [-0.3, -0.25) is 4.79 Å². The average molecular weight is 588 g/mol. The molecular formula is C29H49NO11. The molecule has 0 spiro atoms. The zero-order chi connectivity index (χ0) is 29.7. The van der Waals surface area contributed by atoms with E-state index in [0.29, 0.717) is 23.2 Å². The molecule has 7 N–H and O–H groups in total. The van der Waals surface area contributed by atoms with Gasteiger partial charge in [-0.05, 0) is 60.7 Å². The Hall–Kier alpha value is -0.930. The van der Waals surface area contributed by atoms with Gasteiger partial charge >= 0.3 is 0 Å². The van der Waals surface area contributed by atoms with Crippen LogP contribution in [0.3, 0.4) is 0 Å². The second-order valence-electron chi connectivity index (χ2n) is 14.4. The highest BCUT2D eigenvalue weighted by Crippen LogP contribution is 2.70. The number of ether oxygens (including phenoxy) is 4. The number of rotatable bonds is 10. The SMILES string of the molecule is C[C@@H]1C(CO)O[C@H](O[C@@H]2C(CO)O[C@H](OCCNC(=O)CC34CC5CC(C)(CC(C)(C5)C3)C4)[C@@H](O)C2O)[C@@H](O)C1O. The van der Waals surface area contributed by atoms with E-state index in [4.69, 9.17) is 18.9 Å². The molecule has 4 bridgehead atoms. The van der Waals surface area contributed by atoms with Crippen LogP contribution in [-0.4, -0.2) is 118 Å². The van der Waals surface area contributed by atoms with E-state index in [0.717, 1.165) is 19.3 Å². The fourth-order valence-corrected chi connectivity index (χ4v) is 9.55. The molecular weight excluding hydrogens is 538 g/mol. The van der Waals surface area contributed by atoms with Gasteiger partial charge in [-0.2, -0.15) is 0 Å². The van der Waals surface area contributed by atoms with Crippen LogP contribution in [-0.2, 0) is 23.7 Å². The summed E-state index contributed by atoms with van der Waals surface area (Å²) in [6.07, 6.45) is -4.30. The Bertz CT molecular complexity index is 914. The van der Waals surface area contributed by atoms with Gasteiger partial charge in [0.2, 0.25) is 5.91 Å². The van der Waals surface area contributed by atoms with E-state index < -0.39 is 74.4 Å². The number of carbonyl (C=O) groups excluding carboxylic acids is 1. The van der Waals surface area contributed by atoms with E-state index in [-0.39, 0.29) is 24.5 Å². The van der Waals surface area contributed by atoms with Crippen LogP contribution < -0.4 is 5.32 Å². The van der Waals surface area contributed by atoms with Crippen LogP contribution in [0.25, 0.3) is 0 Å². The Labute approximate surface area is 241 Å². The van der Waals surface area contributed by atoms with Gasteiger partial charge in [0.05, 0.1) is 32.0 Å². The third kappa shape index (κ3) is 6.33. The summed E-state index contributed by atoms with van der Waals surface area (Å²) in [5, 5.41) is 64.5. The van der Waals surface area contributed by atoms with Crippen LogP contribution in [0.5, 0.6) is 0 Å². The lowest BCUT2D eigenvalue weighted by Crippen LogP contribution is -2.63. The summed E-state index contributed by atoms with van der Waals surface area (Å²) >= 11 is 0. The first-order valence-corrected chi connectivity index (χ1v) is 15.1. The molecule has 12 atom stereocenters. The monoisotopic (exact) mass is 587 g/mol. The summed E-state index contributed by atoms with van der Waals surface area (Å²) in [4.78, 5) is 12.9. The van der Waals surface area contributed by atoms with Crippen LogP contribution in [0.15, 0.2) is 0 Å². The van der Waals surface area contributed by atoms with Gasteiger partial charge in [0, 0.05) is 18.9 Å². The lowest BCUT2D eigenvalue weighted by atomic mass is 9.40. The third-order valence-corrected chi connectivity index (χ3v) is 10.3. The smallest absolute Gasteiger partial charge is 0.220 e. The van der Waals surface area contributed by atoms with Crippen molar-refractivity contribution in [3.63, 3.8) is 0 Å². The Morgan fingerprint density at radius 2 is 1.46 bits per heavy atom. The van der Waals surface area contributed by atoms with Crippen LogP contribution in [0.2, 0.25) is 0 Å². The molecule has 4 saturated carbocycles. The van der Waals surface area contributed by atoms with Gasteiger partial charge in [0.1, 0.15) is 30.5 Å². The molecule has 0 aromatic carbocycles. The highest BCUT2D eigenvalue weighted by molar-refractivity contribution is 5.76. The van der Waals surface area contributed by atoms with Crippen LogP contribution in [0.1, 0.15) is 65.7 Å². The van der Waals surface area contributed by atoms with E-state index >= 15 is 0 Å². The normalized spacial score (nSPS) is 51.1. The maximum atomic E-state index is 12.9. The van der Waals surface area contributed by atoms with E-state index in [1.165, 1.54) is 19.3 Å². The molecule has 236 valence electrons. The Morgan fingerprint density at radius 1 is 0.854 bits per heavy atom. The van der Waals surface area contributed by atoms with Crippen LogP contribution in [0.4, 0.5) is 0 Å². The average Bonchev–Trinajstić information content (AvgIpc) is 2.87. The molecule has 4 aliphatic carbocycles. The summed E-state index contributed by atoms with van der Waals surface area (Å²) in [5.41, 5.74) is 0.722. The molecule has 6 unspecified atom stereocenters. The molecule has 6 aliphatic rings. The molecule has 6 rings (SSSR count). The number of hydrogen-bond donors (Lipinski definition) is 7. The lowest BCUT2D eigenvalue weighted by Gasteiger charge is -2.65. The van der Waals surface area contributed by atoms with Gasteiger partial charge in [-0.15, -0.1) is 0 Å². The molecule has 2 heterocycles. The fourth-order valence-electron chi connectivity index (χ4n) is 9.55. The molecule has 12 heteroatoms. The largest absolute Gasteiger partial charge is 0.394 e. The molecule has 12 nitrogen and oxygen atoms in total. The van der Waals surface area contributed by atoms with Crippen molar-refractivity contribution in [1.29, 1.82) is 0 Å². The van der Waals surface area contributed by atoms with Crippen molar-refractivity contribution >= 4 is 5.91 Å². The molecule has 2 aliphatic heterocycles. The zero-order valence-corrected chi connectivity index (χ0v) is 24.4. The molecule has 0 aromatic rings. The number of nitrogens with one attached hydrogen (secondary N) is 1. The van der Waals surface area contributed by atoms with E-state index in [1.807, 2.05) is 0 Å². The molecule has 41 heavy (non-hydrogen) atoms. The quantitative estimate of drug-likeness (QED) is 0.162. The lowest BCUT2D eigenvalue weighted by molar-refractivity contribution is -0.355. The van der Waals surface area contributed by atoms with Gasteiger partial charge < -0.3 is 54.9 Å². The highest BCUT2D eigenvalue weighted by Gasteiger charge is 2.60. The standard InChI is InChI=1S/C29H49NO11/c1-15-17(10-31)39-26(22(36)20(15)34)41-24-18(11-32)40-25(23(37)21(24)35)38-5-4-30-19(33)9-29-8-16-6-27(2,13-29)12-28(3,7-16)14-29/h15-18,20-26,31-32,34-37H,4-14H2,1-3H3,(H,30,33)/t15-,16?,17?,18?,20?,21?,22+,23+,24-,25+,26-,27?,28?,29?/m1/s1. The van der Waals surface area contributed by atoms with Crippen LogP contribution >= 0.6 is 0 Å². The third-order valence-electron chi connectivity index (χ3n) is 10.3. The van der Waals surface area contributed by atoms with Gasteiger partial charge in [0.25, 0.3) is 0 Å². The minimum atomic E-state index is -1.58. The minimum absolute atomic E-state index is 0.0154. The van der Waals surface area contributed by atoms with E-state index in [9.17, 15) is 35.4 Å². The summed E-state index contributed by atoms with van der Waals surface area (Å²) in [7, 11) is 0. The number of aliphatic hydroxyl groups excluding tert-OH is 6. The maximum absolute atomic E-state index is 12.9. The molecule has 1 amide bonds.